The van der Waals surface area contributed by atoms with E-state index in [1.807, 2.05) is 35.2 Å². The highest BCUT2D eigenvalue weighted by Crippen LogP contribution is 2.25. The van der Waals surface area contributed by atoms with Crippen LogP contribution in [0.15, 0.2) is 30.3 Å². The fraction of sp³-hybridized carbons (Fsp3) is 0.444. The standard InChI is InChI=1S/C18H21N3O3/c22-18(21-6-9-23-10-7-21)14-11-16(17-12-19-5-8-24-17)20-15-4-2-1-3-13(14)15/h1-4,11,17,19H,5-10,12H2. The van der Waals surface area contributed by atoms with Gasteiger partial charge in [0.05, 0.1) is 36.6 Å². The van der Waals surface area contributed by atoms with Crippen LogP contribution < -0.4 is 5.32 Å². The van der Waals surface area contributed by atoms with Crippen LogP contribution in [0.2, 0.25) is 0 Å². The second-order valence-electron chi connectivity index (χ2n) is 6.08. The van der Waals surface area contributed by atoms with Gasteiger partial charge in [0.15, 0.2) is 0 Å². The topological polar surface area (TPSA) is 63.7 Å². The molecule has 0 bridgehead atoms. The smallest absolute Gasteiger partial charge is 0.254 e. The summed E-state index contributed by atoms with van der Waals surface area (Å²) in [7, 11) is 0. The zero-order valence-corrected chi connectivity index (χ0v) is 13.5. The molecule has 4 rings (SSSR count). The largest absolute Gasteiger partial charge is 0.378 e. The predicted octanol–water partition coefficient (Wildman–Crippen LogP) is 1.37. The Bertz CT molecular complexity index is 737. The number of nitrogens with zero attached hydrogens (tertiary/aromatic N) is 2. The second kappa shape index (κ2) is 6.84. The van der Waals surface area contributed by atoms with Crippen molar-refractivity contribution in [2.45, 2.75) is 6.10 Å². The minimum absolute atomic E-state index is 0.0434. The van der Waals surface area contributed by atoms with Crippen LogP contribution in [-0.4, -0.2) is 61.8 Å². The number of morpholine rings is 2. The summed E-state index contributed by atoms with van der Waals surface area (Å²) in [6.45, 7) is 4.68. The summed E-state index contributed by atoms with van der Waals surface area (Å²) in [6.07, 6.45) is -0.111. The number of carbonyl (C=O) groups excluding carboxylic acids is 1. The first-order valence-corrected chi connectivity index (χ1v) is 8.42. The quantitative estimate of drug-likeness (QED) is 0.902. The highest BCUT2D eigenvalue weighted by molar-refractivity contribution is 6.06. The molecule has 24 heavy (non-hydrogen) atoms. The Morgan fingerprint density at radius 3 is 2.83 bits per heavy atom. The Hall–Kier alpha value is -2.02. The lowest BCUT2D eigenvalue weighted by Crippen LogP contribution is -2.41. The van der Waals surface area contributed by atoms with E-state index in [0.29, 0.717) is 38.5 Å². The molecule has 0 aliphatic carbocycles. The number of ether oxygens (including phenoxy) is 2. The summed E-state index contributed by atoms with van der Waals surface area (Å²) in [5.74, 6) is 0.0434. The van der Waals surface area contributed by atoms with Crippen molar-refractivity contribution in [3.8, 4) is 0 Å². The van der Waals surface area contributed by atoms with Gasteiger partial charge in [-0.2, -0.15) is 0 Å². The maximum absolute atomic E-state index is 13.0. The van der Waals surface area contributed by atoms with Crippen molar-refractivity contribution in [1.29, 1.82) is 0 Å². The van der Waals surface area contributed by atoms with Crippen molar-refractivity contribution in [2.75, 3.05) is 46.0 Å². The molecule has 1 aromatic heterocycles. The van der Waals surface area contributed by atoms with Crippen LogP contribution in [0.25, 0.3) is 10.9 Å². The number of hydrogen-bond donors (Lipinski definition) is 1. The fourth-order valence-electron chi connectivity index (χ4n) is 3.23. The molecule has 1 atom stereocenters. The summed E-state index contributed by atoms with van der Waals surface area (Å²) in [5.41, 5.74) is 2.35. The zero-order chi connectivity index (χ0) is 16.4. The Kier molecular flexibility index (Phi) is 4.42. The molecular formula is C18H21N3O3. The van der Waals surface area contributed by atoms with E-state index < -0.39 is 0 Å². The number of fused-ring (bicyclic) bond motifs is 1. The highest BCUT2D eigenvalue weighted by atomic mass is 16.5. The zero-order valence-electron chi connectivity index (χ0n) is 13.5. The van der Waals surface area contributed by atoms with E-state index in [-0.39, 0.29) is 12.0 Å². The third-order valence-electron chi connectivity index (χ3n) is 4.52. The number of aromatic nitrogens is 1. The van der Waals surface area contributed by atoms with E-state index in [1.165, 1.54) is 0 Å². The molecule has 2 aromatic rings. The molecule has 0 saturated carbocycles. The number of benzene rings is 1. The van der Waals surface area contributed by atoms with E-state index >= 15 is 0 Å². The molecule has 6 nitrogen and oxygen atoms in total. The van der Waals surface area contributed by atoms with Gasteiger partial charge >= 0.3 is 0 Å². The summed E-state index contributed by atoms with van der Waals surface area (Å²) in [4.78, 5) is 19.6. The van der Waals surface area contributed by atoms with Crippen molar-refractivity contribution in [3.63, 3.8) is 0 Å². The van der Waals surface area contributed by atoms with Crippen LogP contribution in [0, 0.1) is 0 Å². The number of pyridine rings is 1. The average Bonchev–Trinajstić information content (AvgIpc) is 2.68. The van der Waals surface area contributed by atoms with Crippen LogP contribution in [0.5, 0.6) is 0 Å². The van der Waals surface area contributed by atoms with E-state index in [4.69, 9.17) is 14.5 Å². The molecule has 2 fully saturated rings. The third kappa shape index (κ3) is 3.00. The summed E-state index contributed by atoms with van der Waals surface area (Å²) in [5, 5.41) is 4.21. The maximum atomic E-state index is 13.0. The van der Waals surface area contributed by atoms with Gasteiger partial charge in [-0.15, -0.1) is 0 Å². The number of hydrogen-bond acceptors (Lipinski definition) is 5. The number of para-hydroxylation sites is 1. The molecule has 2 aliphatic rings. The SMILES string of the molecule is O=C(c1cc(C2CNCCO2)nc2ccccc12)N1CCOCC1. The van der Waals surface area contributed by atoms with Crippen LogP contribution in [0.1, 0.15) is 22.2 Å². The highest BCUT2D eigenvalue weighted by Gasteiger charge is 2.24. The summed E-state index contributed by atoms with van der Waals surface area (Å²) >= 11 is 0. The van der Waals surface area contributed by atoms with E-state index in [1.54, 1.807) is 0 Å². The first-order valence-electron chi connectivity index (χ1n) is 8.42. The molecule has 0 radical (unpaired) electrons. The van der Waals surface area contributed by atoms with E-state index in [2.05, 4.69) is 5.32 Å². The van der Waals surface area contributed by atoms with E-state index in [9.17, 15) is 4.79 Å². The van der Waals surface area contributed by atoms with Gasteiger partial charge in [-0.25, -0.2) is 4.98 Å². The number of nitrogens with one attached hydrogen (secondary N) is 1. The van der Waals surface area contributed by atoms with Gasteiger partial charge in [-0.1, -0.05) is 18.2 Å². The Morgan fingerprint density at radius 1 is 1.21 bits per heavy atom. The molecule has 2 saturated heterocycles. The lowest BCUT2D eigenvalue weighted by atomic mass is 10.0. The van der Waals surface area contributed by atoms with Crippen molar-refractivity contribution < 1.29 is 14.3 Å². The molecule has 1 N–H and O–H groups in total. The second-order valence-corrected chi connectivity index (χ2v) is 6.08. The van der Waals surface area contributed by atoms with Crippen LogP contribution in [0.3, 0.4) is 0 Å². The van der Waals surface area contributed by atoms with Crippen molar-refractivity contribution >= 4 is 16.8 Å². The normalized spacial score (nSPS) is 21.8. The summed E-state index contributed by atoms with van der Waals surface area (Å²) in [6, 6.07) is 9.70. The Labute approximate surface area is 140 Å². The molecule has 0 spiro atoms. The first kappa shape index (κ1) is 15.5. The average molecular weight is 327 g/mol. The molecule has 1 unspecified atom stereocenters. The predicted molar refractivity (Wildman–Crippen MR) is 90.0 cm³/mol. The van der Waals surface area contributed by atoms with Gasteiger partial charge in [0, 0.05) is 31.6 Å². The Morgan fingerprint density at radius 2 is 2.04 bits per heavy atom. The van der Waals surface area contributed by atoms with Gasteiger partial charge in [-0.05, 0) is 12.1 Å². The van der Waals surface area contributed by atoms with Gasteiger partial charge < -0.3 is 19.7 Å². The van der Waals surface area contributed by atoms with Crippen molar-refractivity contribution in [3.05, 3.63) is 41.6 Å². The Balaban J connectivity index is 1.75. The minimum Gasteiger partial charge on any atom is -0.378 e. The van der Waals surface area contributed by atoms with Crippen LogP contribution in [0.4, 0.5) is 0 Å². The number of rotatable bonds is 2. The molecule has 2 aliphatic heterocycles. The third-order valence-corrected chi connectivity index (χ3v) is 4.52. The van der Waals surface area contributed by atoms with Gasteiger partial charge in [0.1, 0.15) is 6.10 Å². The maximum Gasteiger partial charge on any atom is 0.254 e. The lowest BCUT2D eigenvalue weighted by Gasteiger charge is -2.28. The van der Waals surface area contributed by atoms with Crippen molar-refractivity contribution in [2.24, 2.45) is 0 Å². The van der Waals surface area contributed by atoms with E-state index in [0.717, 1.165) is 29.7 Å². The van der Waals surface area contributed by atoms with Gasteiger partial charge in [0.25, 0.3) is 5.91 Å². The van der Waals surface area contributed by atoms with Gasteiger partial charge in [-0.3, -0.25) is 4.79 Å². The molecule has 126 valence electrons. The molecule has 1 amide bonds. The fourth-order valence-corrected chi connectivity index (χ4v) is 3.23. The molecule has 3 heterocycles. The van der Waals surface area contributed by atoms with Crippen LogP contribution in [-0.2, 0) is 9.47 Å². The first-order chi connectivity index (χ1) is 11.8. The molecule has 6 heteroatoms. The minimum atomic E-state index is -0.111. The van der Waals surface area contributed by atoms with Gasteiger partial charge in [0.2, 0.25) is 0 Å². The lowest BCUT2D eigenvalue weighted by molar-refractivity contribution is 0.0248. The van der Waals surface area contributed by atoms with Crippen LogP contribution >= 0.6 is 0 Å². The molecular weight excluding hydrogens is 306 g/mol. The number of carbonyl (C=O) groups is 1. The monoisotopic (exact) mass is 327 g/mol. The summed E-state index contributed by atoms with van der Waals surface area (Å²) < 4.78 is 11.2. The van der Waals surface area contributed by atoms with Crippen molar-refractivity contribution in [1.82, 2.24) is 15.2 Å². The number of amides is 1. The molecule has 1 aromatic carbocycles.